The van der Waals surface area contributed by atoms with E-state index in [1.807, 2.05) is 24.4 Å². The first kappa shape index (κ1) is 13.2. The van der Waals surface area contributed by atoms with Gasteiger partial charge in [-0.2, -0.15) is 5.10 Å². The molecule has 4 heteroatoms. The highest BCUT2D eigenvalue weighted by Crippen LogP contribution is 2.26. The number of hydrogen-bond donors (Lipinski definition) is 1. The van der Waals surface area contributed by atoms with Crippen LogP contribution in [-0.2, 0) is 0 Å². The summed E-state index contributed by atoms with van der Waals surface area (Å²) in [7, 11) is 0. The van der Waals surface area contributed by atoms with Crippen molar-refractivity contribution < 1.29 is 4.79 Å². The monoisotopic (exact) mass is 271 g/mol. The lowest BCUT2D eigenvalue weighted by atomic mass is 9.84. The maximum absolute atomic E-state index is 12.4. The summed E-state index contributed by atoms with van der Waals surface area (Å²) >= 11 is 0. The molecule has 0 unspecified atom stereocenters. The lowest BCUT2D eigenvalue weighted by Crippen LogP contribution is -2.37. The van der Waals surface area contributed by atoms with Gasteiger partial charge in [-0.25, -0.2) is 4.52 Å². The summed E-state index contributed by atoms with van der Waals surface area (Å²) in [6.45, 7) is 2.25. The summed E-state index contributed by atoms with van der Waals surface area (Å²) in [5.74, 6) is 0.873. The van der Waals surface area contributed by atoms with Gasteiger partial charge in [-0.05, 0) is 49.8 Å². The van der Waals surface area contributed by atoms with Crippen LogP contribution >= 0.6 is 0 Å². The molecule has 2 aromatic rings. The highest BCUT2D eigenvalue weighted by atomic mass is 16.1. The molecule has 1 aliphatic carbocycles. The maximum Gasteiger partial charge on any atom is 0.253 e. The molecule has 2 aromatic heterocycles. The zero-order valence-electron chi connectivity index (χ0n) is 11.9. The third-order valence-corrected chi connectivity index (χ3v) is 4.44. The van der Waals surface area contributed by atoms with Crippen molar-refractivity contribution in [2.45, 2.75) is 45.1 Å². The fourth-order valence-electron chi connectivity index (χ4n) is 3.12. The molecule has 0 saturated heterocycles. The first-order valence-corrected chi connectivity index (χ1v) is 7.51. The van der Waals surface area contributed by atoms with Crippen molar-refractivity contribution in [2.75, 3.05) is 0 Å². The summed E-state index contributed by atoms with van der Waals surface area (Å²) in [5, 5.41) is 7.35. The number of carbonyl (C=O) groups excluding carboxylic acids is 1. The lowest BCUT2D eigenvalue weighted by molar-refractivity contribution is 0.0923. The van der Waals surface area contributed by atoms with E-state index in [1.165, 1.54) is 19.3 Å². The lowest BCUT2D eigenvalue weighted by Gasteiger charge is -2.28. The molecule has 0 atom stereocenters. The number of nitrogens with zero attached hydrogens (tertiary/aromatic N) is 2. The Morgan fingerprint density at radius 1 is 1.35 bits per heavy atom. The second-order valence-electron chi connectivity index (χ2n) is 5.68. The predicted molar refractivity (Wildman–Crippen MR) is 78.7 cm³/mol. The van der Waals surface area contributed by atoms with E-state index in [0.29, 0.717) is 11.6 Å². The van der Waals surface area contributed by atoms with E-state index in [2.05, 4.69) is 17.3 Å². The molecule has 1 aliphatic rings. The van der Waals surface area contributed by atoms with Crippen LogP contribution < -0.4 is 5.32 Å². The molecule has 0 aromatic carbocycles. The van der Waals surface area contributed by atoms with Gasteiger partial charge in [0, 0.05) is 12.2 Å². The Morgan fingerprint density at radius 2 is 2.15 bits per heavy atom. The van der Waals surface area contributed by atoms with Gasteiger partial charge in [-0.15, -0.1) is 0 Å². The third kappa shape index (κ3) is 2.55. The summed E-state index contributed by atoms with van der Waals surface area (Å²) in [6, 6.07) is 5.93. The van der Waals surface area contributed by atoms with E-state index in [0.717, 1.165) is 24.3 Å². The van der Waals surface area contributed by atoms with Crippen molar-refractivity contribution in [3.8, 4) is 0 Å². The Bertz CT molecular complexity index is 597. The quantitative estimate of drug-likeness (QED) is 0.932. The Hall–Kier alpha value is -1.84. The molecule has 1 fully saturated rings. The topological polar surface area (TPSA) is 46.4 Å². The molecule has 4 nitrogen and oxygen atoms in total. The van der Waals surface area contributed by atoms with Gasteiger partial charge in [0.2, 0.25) is 0 Å². The van der Waals surface area contributed by atoms with Crippen molar-refractivity contribution in [3.63, 3.8) is 0 Å². The molecule has 20 heavy (non-hydrogen) atoms. The molecular weight excluding hydrogens is 250 g/mol. The van der Waals surface area contributed by atoms with Crippen LogP contribution in [0.2, 0.25) is 0 Å². The number of hydrogen-bond acceptors (Lipinski definition) is 2. The number of nitrogens with one attached hydrogen (secondary N) is 1. The normalized spacial score (nSPS) is 22.9. The van der Waals surface area contributed by atoms with E-state index in [1.54, 1.807) is 10.7 Å². The second kappa shape index (κ2) is 5.65. The number of amides is 1. The molecule has 0 aliphatic heterocycles. The van der Waals surface area contributed by atoms with Crippen molar-refractivity contribution in [1.29, 1.82) is 0 Å². The summed E-state index contributed by atoms with van der Waals surface area (Å²) in [4.78, 5) is 12.4. The van der Waals surface area contributed by atoms with E-state index in [-0.39, 0.29) is 5.91 Å². The van der Waals surface area contributed by atoms with Crippen molar-refractivity contribution in [1.82, 2.24) is 14.9 Å². The smallest absolute Gasteiger partial charge is 0.253 e. The Labute approximate surface area is 119 Å². The van der Waals surface area contributed by atoms with E-state index < -0.39 is 0 Å². The fourth-order valence-corrected chi connectivity index (χ4v) is 3.12. The van der Waals surface area contributed by atoms with Crippen LogP contribution in [0.5, 0.6) is 0 Å². The molecule has 0 spiro atoms. The van der Waals surface area contributed by atoms with Crippen LogP contribution in [0.15, 0.2) is 30.6 Å². The molecule has 0 radical (unpaired) electrons. The van der Waals surface area contributed by atoms with Gasteiger partial charge in [0.15, 0.2) is 0 Å². The van der Waals surface area contributed by atoms with E-state index in [4.69, 9.17) is 0 Å². The van der Waals surface area contributed by atoms with Crippen molar-refractivity contribution in [3.05, 3.63) is 36.2 Å². The van der Waals surface area contributed by atoms with E-state index >= 15 is 0 Å². The molecular formula is C16H21N3O. The van der Waals surface area contributed by atoms with Gasteiger partial charge in [0.1, 0.15) is 0 Å². The number of pyridine rings is 1. The highest BCUT2D eigenvalue weighted by Gasteiger charge is 2.22. The van der Waals surface area contributed by atoms with Crippen LogP contribution in [-0.4, -0.2) is 21.6 Å². The Kier molecular flexibility index (Phi) is 3.72. The van der Waals surface area contributed by atoms with Crippen molar-refractivity contribution >= 4 is 11.4 Å². The predicted octanol–water partition coefficient (Wildman–Crippen LogP) is 3.03. The van der Waals surface area contributed by atoms with Gasteiger partial charge in [-0.3, -0.25) is 4.79 Å². The fraction of sp³-hybridized carbons (Fsp3) is 0.500. The molecule has 1 saturated carbocycles. The van der Waals surface area contributed by atoms with Crippen LogP contribution in [0.4, 0.5) is 0 Å². The summed E-state index contributed by atoms with van der Waals surface area (Å²) in [5.41, 5.74) is 1.58. The van der Waals surface area contributed by atoms with Gasteiger partial charge in [0.05, 0.1) is 17.3 Å². The highest BCUT2D eigenvalue weighted by molar-refractivity contribution is 6.00. The minimum atomic E-state index is 0.0241. The zero-order valence-corrected chi connectivity index (χ0v) is 11.9. The van der Waals surface area contributed by atoms with Crippen LogP contribution in [0.3, 0.4) is 0 Å². The number of fused-ring (bicyclic) bond motifs is 1. The average molecular weight is 271 g/mol. The number of rotatable bonds is 3. The maximum atomic E-state index is 12.4. The van der Waals surface area contributed by atoms with Crippen molar-refractivity contribution in [2.24, 2.45) is 5.92 Å². The summed E-state index contributed by atoms with van der Waals surface area (Å²) in [6.07, 6.45) is 9.52. The van der Waals surface area contributed by atoms with Gasteiger partial charge in [0.25, 0.3) is 5.91 Å². The molecule has 106 valence electrons. The minimum absolute atomic E-state index is 0.0241. The van der Waals surface area contributed by atoms with Gasteiger partial charge in [-0.1, -0.05) is 13.3 Å². The Morgan fingerprint density at radius 3 is 2.90 bits per heavy atom. The standard InChI is InChI=1S/C16H21N3O/c1-2-12-5-7-13(8-6-12)18-16(20)14-4-3-11-19-15(14)9-10-17-19/h3-4,9-13H,2,5-8H2,1H3,(H,18,20). The van der Waals surface area contributed by atoms with Crippen LogP contribution in [0, 0.1) is 5.92 Å². The van der Waals surface area contributed by atoms with Crippen LogP contribution in [0.1, 0.15) is 49.4 Å². The average Bonchev–Trinajstić information content (AvgIpc) is 2.96. The van der Waals surface area contributed by atoms with Crippen LogP contribution in [0.25, 0.3) is 5.52 Å². The number of aromatic nitrogens is 2. The van der Waals surface area contributed by atoms with Gasteiger partial charge < -0.3 is 5.32 Å². The number of carbonyl (C=O) groups is 1. The SMILES string of the molecule is CCC1CCC(NC(=O)c2cccn3nccc23)CC1. The Balaban J connectivity index is 1.69. The van der Waals surface area contributed by atoms with E-state index in [9.17, 15) is 4.79 Å². The minimum Gasteiger partial charge on any atom is -0.349 e. The zero-order chi connectivity index (χ0) is 13.9. The first-order chi connectivity index (χ1) is 9.78. The molecule has 1 amide bonds. The largest absolute Gasteiger partial charge is 0.349 e. The molecule has 2 heterocycles. The summed E-state index contributed by atoms with van der Waals surface area (Å²) < 4.78 is 1.74. The first-order valence-electron chi connectivity index (χ1n) is 7.51. The molecule has 1 N–H and O–H groups in total. The second-order valence-corrected chi connectivity index (χ2v) is 5.68. The third-order valence-electron chi connectivity index (χ3n) is 4.44. The van der Waals surface area contributed by atoms with Gasteiger partial charge >= 0.3 is 0 Å². The molecule has 3 rings (SSSR count). The molecule has 0 bridgehead atoms.